The topological polar surface area (TPSA) is 35.6 Å². The first-order valence-electron chi connectivity index (χ1n) is 18.9. The Hall–Kier alpha value is -6.56. The second-order valence-electron chi connectivity index (χ2n) is 12.7. The van der Waals surface area contributed by atoms with Gasteiger partial charge in [-0.2, -0.15) is 0 Å². The van der Waals surface area contributed by atoms with Crippen LogP contribution in [0.1, 0.15) is 5.48 Å². The van der Waals surface area contributed by atoms with Crippen molar-refractivity contribution in [3.8, 4) is 34.0 Å². The molecule has 0 spiro atoms. The van der Waals surface area contributed by atoms with Crippen molar-refractivity contribution < 1.29 is 5.48 Å². The molecule has 0 aliphatic rings. The summed E-state index contributed by atoms with van der Waals surface area (Å²) in [6, 6.07) is 48.8. The molecular weight excluding hydrogens is 641 g/mol. The number of para-hydroxylation sites is 4. The van der Waals surface area contributed by atoms with E-state index in [1.54, 1.807) is 11.3 Å². The fraction of sp³-hybridized carbons (Fsp3) is 0. The highest BCUT2D eigenvalue weighted by molar-refractivity contribution is 7.27. The molecule has 0 radical (unpaired) electrons. The number of nitrogens with zero attached hydrogens (tertiary/aromatic N) is 4. The molecule has 238 valence electrons. The second-order valence-corrected chi connectivity index (χ2v) is 13.7. The van der Waals surface area contributed by atoms with E-state index in [0.717, 1.165) is 65.3 Å². The summed E-state index contributed by atoms with van der Waals surface area (Å²) in [5.74, 6) is 0.340. The molecule has 11 aromatic rings. The minimum absolute atomic E-state index is 0.163. The number of hydrogen-bond acceptors (Lipinski definition) is 3. The Bertz CT molecular complexity index is 3350. The minimum atomic E-state index is -0.327. The molecule has 51 heavy (non-hydrogen) atoms. The number of aromatic nitrogens is 4. The molecule has 4 heterocycles. The zero-order valence-electron chi connectivity index (χ0n) is 31.1. The van der Waals surface area contributed by atoms with E-state index in [1.807, 2.05) is 60.7 Å². The molecule has 0 N–H and O–H groups in total. The first kappa shape index (κ1) is 24.6. The monoisotopic (exact) mass is 672 g/mol. The van der Waals surface area contributed by atoms with Crippen LogP contribution in [0, 0.1) is 0 Å². The van der Waals surface area contributed by atoms with E-state index >= 15 is 0 Å². The molecule has 0 atom stereocenters. The average molecular weight is 673 g/mol. The van der Waals surface area contributed by atoms with Crippen LogP contribution in [0.3, 0.4) is 0 Å². The summed E-state index contributed by atoms with van der Waals surface area (Å²) in [6.45, 7) is 0. The maximum absolute atomic E-state index is 9.05. The summed E-state index contributed by atoms with van der Waals surface area (Å²) in [6.07, 6.45) is 0. The highest BCUT2D eigenvalue weighted by Crippen LogP contribution is 2.47. The molecule has 0 aliphatic heterocycles. The summed E-state index contributed by atoms with van der Waals surface area (Å²) in [4.78, 5) is 10.3. The van der Waals surface area contributed by atoms with Crippen molar-refractivity contribution in [3.05, 3.63) is 170 Å². The van der Waals surface area contributed by atoms with Crippen LogP contribution >= 0.6 is 11.3 Å². The Balaban J connectivity index is 1.26. The molecule has 0 saturated heterocycles. The Morgan fingerprint density at radius 3 is 1.84 bits per heavy atom. The largest absolute Gasteiger partial charge is 0.308 e. The SMILES string of the molecule is [2H]c1c([2H])c([2H])c2c(-c3ccc(-c4ccccc4)cc3)nc(-n3c4ccccc4c4ccc5c(sc6c7ccccc7n(-c7ccccc7)c56)c43)nc2c1[2H]. The van der Waals surface area contributed by atoms with Gasteiger partial charge in [-0.1, -0.05) is 139 Å². The lowest BCUT2D eigenvalue weighted by molar-refractivity contribution is 1.02. The molecule has 11 rings (SSSR count). The van der Waals surface area contributed by atoms with Crippen molar-refractivity contribution >= 4 is 75.3 Å². The lowest BCUT2D eigenvalue weighted by Gasteiger charge is -2.12. The molecule has 0 fully saturated rings. The molecule has 0 unspecified atom stereocenters. The van der Waals surface area contributed by atoms with E-state index in [-0.39, 0.29) is 29.7 Å². The van der Waals surface area contributed by atoms with Crippen LogP contribution in [0.2, 0.25) is 0 Å². The molecule has 0 bridgehead atoms. The van der Waals surface area contributed by atoms with Crippen LogP contribution in [0.15, 0.2) is 170 Å². The van der Waals surface area contributed by atoms with Crippen LogP contribution in [-0.4, -0.2) is 19.1 Å². The van der Waals surface area contributed by atoms with Gasteiger partial charge < -0.3 is 4.57 Å². The Labute approximate surface area is 302 Å². The predicted octanol–water partition coefficient (Wildman–Crippen LogP) is 12.4. The van der Waals surface area contributed by atoms with Gasteiger partial charge in [-0.15, -0.1) is 11.3 Å². The predicted molar refractivity (Wildman–Crippen MR) is 214 cm³/mol. The van der Waals surface area contributed by atoms with Crippen molar-refractivity contribution in [2.75, 3.05) is 0 Å². The van der Waals surface area contributed by atoms with E-state index < -0.39 is 0 Å². The third-order valence-corrected chi connectivity index (χ3v) is 11.1. The first-order valence-corrected chi connectivity index (χ1v) is 17.7. The standard InChI is InChI=1S/C46H28N4S/c1-3-13-29(14-4-1)30-23-25-31(26-24-30)41-35-18-7-10-20-38(35)47-46(48-41)50-39-21-11-8-17-33(39)34-27-28-37-43-44(51-45(37)42(34)50)36-19-9-12-22-40(36)49(43)32-15-5-2-6-16-32/h1-28H/i7D,10D,18D,20D. The van der Waals surface area contributed by atoms with Gasteiger partial charge in [0, 0.05) is 38.2 Å². The van der Waals surface area contributed by atoms with Gasteiger partial charge in [0.1, 0.15) is 0 Å². The summed E-state index contributed by atoms with van der Waals surface area (Å²) in [7, 11) is 0. The lowest BCUT2D eigenvalue weighted by atomic mass is 10.0. The number of fused-ring (bicyclic) bond motifs is 10. The molecule has 4 nitrogen and oxygen atoms in total. The molecule has 0 aliphatic carbocycles. The third kappa shape index (κ3) is 4.19. The minimum Gasteiger partial charge on any atom is -0.308 e. The molecule has 4 aromatic heterocycles. The summed E-state index contributed by atoms with van der Waals surface area (Å²) in [5.41, 5.74) is 8.70. The van der Waals surface area contributed by atoms with Gasteiger partial charge in [-0.3, -0.25) is 4.57 Å². The van der Waals surface area contributed by atoms with E-state index in [1.165, 1.54) is 10.1 Å². The van der Waals surface area contributed by atoms with Crippen LogP contribution in [-0.2, 0) is 0 Å². The molecule has 5 heteroatoms. The normalized spacial score (nSPS) is 13.0. The van der Waals surface area contributed by atoms with Gasteiger partial charge in [0.15, 0.2) is 0 Å². The van der Waals surface area contributed by atoms with Gasteiger partial charge in [-0.05, 0) is 41.4 Å². The van der Waals surface area contributed by atoms with Crippen molar-refractivity contribution in [1.82, 2.24) is 19.1 Å². The van der Waals surface area contributed by atoms with Gasteiger partial charge in [0.2, 0.25) is 5.95 Å². The maximum atomic E-state index is 9.05. The van der Waals surface area contributed by atoms with Crippen molar-refractivity contribution in [2.45, 2.75) is 0 Å². The zero-order chi connectivity index (χ0) is 36.9. The maximum Gasteiger partial charge on any atom is 0.235 e. The fourth-order valence-corrected chi connectivity index (χ4v) is 8.99. The smallest absolute Gasteiger partial charge is 0.235 e. The second kappa shape index (κ2) is 11.0. The summed E-state index contributed by atoms with van der Waals surface area (Å²) in [5, 5.41) is 4.67. The van der Waals surface area contributed by atoms with Gasteiger partial charge in [-0.25, -0.2) is 9.97 Å². The lowest BCUT2D eigenvalue weighted by Crippen LogP contribution is -2.03. The van der Waals surface area contributed by atoms with Crippen LogP contribution in [0.25, 0.3) is 97.9 Å². The van der Waals surface area contributed by atoms with Crippen LogP contribution < -0.4 is 0 Å². The Kier molecular flexibility index (Phi) is 5.28. The van der Waals surface area contributed by atoms with Crippen molar-refractivity contribution in [1.29, 1.82) is 0 Å². The number of benzene rings is 7. The average Bonchev–Trinajstić information content (AvgIpc) is 3.89. The number of hydrogen-bond donors (Lipinski definition) is 0. The van der Waals surface area contributed by atoms with E-state index in [9.17, 15) is 0 Å². The molecule has 0 amide bonds. The highest BCUT2D eigenvalue weighted by Gasteiger charge is 2.23. The molecule has 0 saturated carbocycles. The van der Waals surface area contributed by atoms with Gasteiger partial charge in [0.05, 0.1) is 48.2 Å². The van der Waals surface area contributed by atoms with E-state index in [2.05, 4.69) is 94.1 Å². The Morgan fingerprint density at radius 2 is 1.04 bits per heavy atom. The fourth-order valence-electron chi connectivity index (χ4n) is 7.63. The molecular formula is C46H28N4S. The molecule has 7 aromatic carbocycles. The first-order chi connectivity index (χ1) is 27.0. The zero-order valence-corrected chi connectivity index (χ0v) is 27.9. The highest BCUT2D eigenvalue weighted by atomic mass is 32.1. The van der Waals surface area contributed by atoms with Crippen LogP contribution in [0.4, 0.5) is 0 Å². The Morgan fingerprint density at radius 1 is 0.451 bits per heavy atom. The van der Waals surface area contributed by atoms with E-state index in [4.69, 9.17) is 15.5 Å². The van der Waals surface area contributed by atoms with Crippen molar-refractivity contribution in [3.63, 3.8) is 0 Å². The third-order valence-electron chi connectivity index (χ3n) is 9.89. The van der Waals surface area contributed by atoms with Gasteiger partial charge in [0.25, 0.3) is 0 Å². The van der Waals surface area contributed by atoms with Crippen molar-refractivity contribution in [2.24, 2.45) is 0 Å². The van der Waals surface area contributed by atoms with Crippen LogP contribution in [0.5, 0.6) is 0 Å². The van der Waals surface area contributed by atoms with Gasteiger partial charge >= 0.3 is 0 Å². The number of rotatable bonds is 4. The quantitative estimate of drug-likeness (QED) is 0.187. The summed E-state index contributed by atoms with van der Waals surface area (Å²) >= 11 is 1.75. The van der Waals surface area contributed by atoms with E-state index in [0.29, 0.717) is 17.0 Å². The summed E-state index contributed by atoms with van der Waals surface area (Å²) < 4.78 is 42.0. The number of thiophene rings is 1.